The normalized spacial score (nSPS) is 16.2. The van der Waals surface area contributed by atoms with Crippen LogP contribution in [0.25, 0.3) is 10.9 Å². The fraction of sp³-hybridized carbons (Fsp3) is 0.333. The average Bonchev–Trinajstić information content (AvgIpc) is 3.17. The molecule has 0 unspecified atom stereocenters. The predicted molar refractivity (Wildman–Crippen MR) is 69.1 cm³/mol. The molecule has 1 aromatic carbocycles. The van der Waals surface area contributed by atoms with Gasteiger partial charge >= 0.3 is 0 Å². The van der Waals surface area contributed by atoms with E-state index in [1.54, 1.807) is 6.20 Å². The van der Waals surface area contributed by atoms with E-state index in [9.17, 15) is 0 Å². The van der Waals surface area contributed by atoms with Crippen molar-refractivity contribution in [3.63, 3.8) is 0 Å². The smallest absolute Gasteiger partial charge is 0.145 e. The van der Waals surface area contributed by atoms with Crippen molar-refractivity contribution in [2.75, 3.05) is 6.61 Å². The van der Waals surface area contributed by atoms with Crippen LogP contribution < -0.4 is 4.74 Å². The molecule has 18 heavy (non-hydrogen) atoms. The molecule has 1 aliphatic carbocycles. The Morgan fingerprint density at radius 2 is 2.11 bits per heavy atom. The van der Waals surface area contributed by atoms with E-state index in [4.69, 9.17) is 10.00 Å². The minimum Gasteiger partial charge on any atom is -0.491 e. The molecule has 0 radical (unpaired) electrons. The lowest BCUT2D eigenvalue weighted by atomic mass is 10.1. The Morgan fingerprint density at radius 1 is 1.28 bits per heavy atom. The number of para-hydroxylation sites is 1. The van der Waals surface area contributed by atoms with Crippen LogP contribution in [0.2, 0.25) is 0 Å². The van der Waals surface area contributed by atoms with Crippen LogP contribution in [0.15, 0.2) is 36.5 Å². The van der Waals surface area contributed by atoms with Crippen molar-refractivity contribution in [3.8, 4) is 11.8 Å². The van der Waals surface area contributed by atoms with Crippen LogP contribution in [-0.2, 0) is 0 Å². The van der Waals surface area contributed by atoms with E-state index in [0.29, 0.717) is 13.0 Å². The van der Waals surface area contributed by atoms with Gasteiger partial charge in [-0.15, -0.1) is 0 Å². The third-order valence-corrected chi connectivity index (χ3v) is 3.54. The standard InChI is InChI=1S/C15H14N2O/c16-9-8-15(6-7-15)11-18-13-5-1-3-12-4-2-10-17-14(12)13/h1-5,10H,6-8,11H2. The SMILES string of the molecule is N#CCC1(COc2cccc3cccnc23)CC1. The molecule has 1 fully saturated rings. The summed E-state index contributed by atoms with van der Waals surface area (Å²) in [7, 11) is 0. The quantitative estimate of drug-likeness (QED) is 0.820. The number of nitrogens with zero attached hydrogens (tertiary/aromatic N) is 2. The Hall–Kier alpha value is -2.08. The minimum absolute atomic E-state index is 0.103. The van der Waals surface area contributed by atoms with Crippen molar-refractivity contribution in [1.29, 1.82) is 5.26 Å². The summed E-state index contributed by atoms with van der Waals surface area (Å²) in [6, 6.07) is 12.1. The number of fused-ring (bicyclic) bond motifs is 1. The van der Waals surface area contributed by atoms with Crippen molar-refractivity contribution >= 4 is 10.9 Å². The summed E-state index contributed by atoms with van der Waals surface area (Å²) in [4.78, 5) is 4.36. The van der Waals surface area contributed by atoms with Crippen LogP contribution in [0.5, 0.6) is 5.75 Å². The minimum atomic E-state index is 0.103. The molecule has 0 amide bonds. The molecule has 1 aromatic heterocycles. The second kappa shape index (κ2) is 4.30. The van der Waals surface area contributed by atoms with Crippen molar-refractivity contribution < 1.29 is 4.74 Å². The molecule has 0 spiro atoms. The first-order valence-corrected chi connectivity index (χ1v) is 6.17. The van der Waals surface area contributed by atoms with Gasteiger partial charge in [0.1, 0.15) is 11.3 Å². The summed E-state index contributed by atoms with van der Waals surface area (Å²) in [6.07, 6.45) is 4.56. The monoisotopic (exact) mass is 238 g/mol. The van der Waals surface area contributed by atoms with Crippen LogP contribution in [0.1, 0.15) is 19.3 Å². The molecule has 0 atom stereocenters. The van der Waals surface area contributed by atoms with E-state index in [0.717, 1.165) is 29.5 Å². The first kappa shape index (κ1) is 11.0. The lowest BCUT2D eigenvalue weighted by molar-refractivity contribution is 0.239. The number of aromatic nitrogens is 1. The van der Waals surface area contributed by atoms with E-state index in [1.807, 2.05) is 30.3 Å². The van der Waals surface area contributed by atoms with E-state index >= 15 is 0 Å². The van der Waals surface area contributed by atoms with Crippen molar-refractivity contribution in [2.45, 2.75) is 19.3 Å². The lowest BCUT2D eigenvalue weighted by Crippen LogP contribution is -2.12. The fourth-order valence-electron chi connectivity index (χ4n) is 2.14. The zero-order valence-corrected chi connectivity index (χ0v) is 10.1. The Kier molecular flexibility index (Phi) is 2.64. The number of ether oxygens (including phenoxy) is 1. The molecule has 3 nitrogen and oxygen atoms in total. The maximum Gasteiger partial charge on any atom is 0.145 e. The van der Waals surface area contributed by atoms with E-state index in [2.05, 4.69) is 11.1 Å². The van der Waals surface area contributed by atoms with E-state index in [1.165, 1.54) is 0 Å². The largest absolute Gasteiger partial charge is 0.491 e. The van der Waals surface area contributed by atoms with Crippen molar-refractivity contribution in [1.82, 2.24) is 4.98 Å². The summed E-state index contributed by atoms with van der Waals surface area (Å²) < 4.78 is 5.89. The van der Waals surface area contributed by atoms with Gasteiger partial charge in [0.2, 0.25) is 0 Å². The number of hydrogen-bond donors (Lipinski definition) is 0. The fourth-order valence-corrected chi connectivity index (χ4v) is 2.14. The average molecular weight is 238 g/mol. The molecule has 3 heteroatoms. The molecule has 3 rings (SSSR count). The highest BCUT2D eigenvalue weighted by Gasteiger charge is 2.43. The van der Waals surface area contributed by atoms with Gasteiger partial charge in [0.25, 0.3) is 0 Å². The summed E-state index contributed by atoms with van der Waals surface area (Å²) in [5, 5.41) is 9.88. The highest BCUT2D eigenvalue weighted by molar-refractivity contribution is 5.84. The molecule has 2 aromatic rings. The number of pyridine rings is 1. The number of benzene rings is 1. The van der Waals surface area contributed by atoms with Crippen molar-refractivity contribution in [2.24, 2.45) is 5.41 Å². The number of nitriles is 1. The van der Waals surface area contributed by atoms with Gasteiger partial charge in [0.15, 0.2) is 0 Å². The third kappa shape index (κ3) is 2.02. The lowest BCUT2D eigenvalue weighted by Gasteiger charge is -2.13. The van der Waals surface area contributed by atoms with Gasteiger partial charge < -0.3 is 4.74 Å². The van der Waals surface area contributed by atoms with Gasteiger partial charge in [-0.05, 0) is 25.0 Å². The first-order valence-electron chi connectivity index (χ1n) is 6.17. The van der Waals surface area contributed by atoms with Crippen LogP contribution >= 0.6 is 0 Å². The highest BCUT2D eigenvalue weighted by atomic mass is 16.5. The van der Waals surface area contributed by atoms with E-state index < -0.39 is 0 Å². The van der Waals surface area contributed by atoms with Gasteiger partial charge in [-0.3, -0.25) is 4.98 Å². The molecule has 0 aliphatic heterocycles. The molecule has 0 saturated heterocycles. The first-order chi connectivity index (χ1) is 8.83. The molecular weight excluding hydrogens is 224 g/mol. The molecule has 1 saturated carbocycles. The Labute approximate surface area is 106 Å². The molecular formula is C15H14N2O. The van der Waals surface area contributed by atoms with Crippen LogP contribution in [0.3, 0.4) is 0 Å². The second-order valence-corrected chi connectivity index (χ2v) is 4.95. The maximum absolute atomic E-state index is 8.79. The van der Waals surface area contributed by atoms with Gasteiger partial charge in [0.05, 0.1) is 12.7 Å². The Balaban J connectivity index is 1.81. The maximum atomic E-state index is 8.79. The Bertz CT molecular complexity index is 606. The molecule has 0 N–H and O–H groups in total. The number of rotatable bonds is 4. The summed E-state index contributed by atoms with van der Waals surface area (Å²) in [5.74, 6) is 0.817. The summed E-state index contributed by atoms with van der Waals surface area (Å²) in [5.41, 5.74) is 0.999. The van der Waals surface area contributed by atoms with Gasteiger partial charge in [-0.2, -0.15) is 5.26 Å². The van der Waals surface area contributed by atoms with Crippen LogP contribution in [0, 0.1) is 16.7 Å². The number of hydrogen-bond acceptors (Lipinski definition) is 3. The molecule has 90 valence electrons. The predicted octanol–water partition coefficient (Wildman–Crippen LogP) is 3.31. The zero-order chi connectivity index (χ0) is 12.4. The third-order valence-electron chi connectivity index (χ3n) is 3.54. The Morgan fingerprint density at radius 3 is 2.89 bits per heavy atom. The van der Waals surface area contributed by atoms with Gasteiger partial charge in [-0.1, -0.05) is 18.2 Å². The molecule has 1 heterocycles. The molecule has 1 aliphatic rings. The highest BCUT2D eigenvalue weighted by Crippen LogP contribution is 2.48. The van der Waals surface area contributed by atoms with E-state index in [-0.39, 0.29) is 5.41 Å². The summed E-state index contributed by atoms with van der Waals surface area (Å²) >= 11 is 0. The van der Waals surface area contributed by atoms with Gasteiger partial charge in [-0.25, -0.2) is 0 Å². The summed E-state index contributed by atoms with van der Waals surface area (Å²) in [6.45, 7) is 0.621. The zero-order valence-electron chi connectivity index (χ0n) is 10.1. The van der Waals surface area contributed by atoms with Crippen molar-refractivity contribution in [3.05, 3.63) is 36.5 Å². The van der Waals surface area contributed by atoms with Crippen LogP contribution in [0.4, 0.5) is 0 Å². The topological polar surface area (TPSA) is 45.9 Å². The van der Waals surface area contributed by atoms with Gasteiger partial charge in [0, 0.05) is 23.4 Å². The van der Waals surface area contributed by atoms with Crippen LogP contribution in [-0.4, -0.2) is 11.6 Å². The molecule has 0 bridgehead atoms. The second-order valence-electron chi connectivity index (χ2n) is 4.95.